The molecule has 1 rings (SSSR count). The molecule has 2 amide bonds. The molecule has 30 heavy (non-hydrogen) atoms. The van der Waals surface area contributed by atoms with Crippen molar-refractivity contribution in [3.8, 4) is 0 Å². The molecule has 0 aliphatic carbocycles. The lowest BCUT2D eigenvalue weighted by atomic mass is 10.1. The number of carboxylic acids is 3. The summed E-state index contributed by atoms with van der Waals surface area (Å²) in [4.78, 5) is 49.2. The second kappa shape index (κ2) is 14.3. The average molecular weight is 571 g/mol. The van der Waals surface area contributed by atoms with Crippen LogP contribution < -0.4 is 10.6 Å². The van der Waals surface area contributed by atoms with Gasteiger partial charge in [-0.1, -0.05) is 0 Å². The molecular formula is C17H22IN3O7S2. The number of hydrogen-bond acceptors (Lipinski definition) is 7. The zero-order chi connectivity index (χ0) is 22.5. The van der Waals surface area contributed by atoms with Crippen LogP contribution >= 0.6 is 41.9 Å². The van der Waals surface area contributed by atoms with E-state index in [2.05, 4.69) is 36.8 Å². The number of nitrogens with one attached hydrogen (secondary N) is 2. The van der Waals surface area contributed by atoms with E-state index in [1.165, 1.54) is 8.93 Å². The quantitative estimate of drug-likeness (QED) is 0.166. The Balaban J connectivity index is 2.42. The second-order valence-electron chi connectivity index (χ2n) is 6.11. The normalized spacial score (nSPS) is 12.6. The van der Waals surface area contributed by atoms with Crippen LogP contribution in [0.2, 0.25) is 0 Å². The summed E-state index contributed by atoms with van der Waals surface area (Å²) in [7, 11) is 1.52. The maximum Gasteiger partial charge on any atom is 0.326 e. The van der Waals surface area contributed by atoms with Crippen LogP contribution in [0.4, 0.5) is 4.79 Å². The number of pyridine rings is 1. The van der Waals surface area contributed by atoms with E-state index in [4.69, 9.17) is 10.2 Å². The maximum absolute atomic E-state index is 11.9. The molecule has 0 saturated heterocycles. The Hall–Kier alpha value is -1.74. The lowest BCUT2D eigenvalue weighted by molar-refractivity contribution is -0.140. The number of halogens is 1. The van der Waals surface area contributed by atoms with Gasteiger partial charge in [-0.15, -0.1) is 0 Å². The highest BCUT2D eigenvalue weighted by molar-refractivity contribution is 14.2. The van der Waals surface area contributed by atoms with Gasteiger partial charge in [-0.3, -0.25) is 4.79 Å². The molecule has 0 saturated carbocycles. The number of aliphatic carboxylic acids is 3. The molecule has 0 spiro atoms. The molecule has 13 heteroatoms. The largest absolute Gasteiger partial charge is 0.481 e. The molecule has 5 N–H and O–H groups in total. The summed E-state index contributed by atoms with van der Waals surface area (Å²) in [5.74, 6) is -2.39. The van der Waals surface area contributed by atoms with Gasteiger partial charge in [0, 0.05) is 39.6 Å². The van der Waals surface area contributed by atoms with Gasteiger partial charge in [0.05, 0.1) is 0 Å². The number of carboxylic acid groups (broad SMARTS) is 3. The summed E-state index contributed by atoms with van der Waals surface area (Å²) < 4.78 is 0. The van der Waals surface area contributed by atoms with Gasteiger partial charge in [-0.25, -0.2) is 19.4 Å². The summed E-state index contributed by atoms with van der Waals surface area (Å²) in [5, 5.41) is 32.2. The van der Waals surface area contributed by atoms with E-state index >= 15 is 0 Å². The van der Waals surface area contributed by atoms with Crippen molar-refractivity contribution in [3.63, 3.8) is 0 Å². The van der Waals surface area contributed by atoms with E-state index < -0.39 is 42.4 Å². The van der Waals surface area contributed by atoms with Gasteiger partial charge in [-0.2, -0.15) is 11.8 Å². The molecule has 0 bridgehead atoms. The number of urea groups is 1. The van der Waals surface area contributed by atoms with Crippen LogP contribution in [0.1, 0.15) is 31.2 Å². The van der Waals surface area contributed by atoms with E-state index in [1.807, 2.05) is 12.1 Å². The number of carbonyl (C=O) groups excluding carboxylic acids is 1. The van der Waals surface area contributed by atoms with E-state index in [1.54, 1.807) is 18.0 Å². The Bertz CT molecular complexity index is 754. The Kier molecular flexibility index (Phi) is 12.5. The van der Waals surface area contributed by atoms with Crippen molar-refractivity contribution < 1.29 is 34.5 Å². The summed E-state index contributed by atoms with van der Waals surface area (Å²) in [6.45, 7) is 0. The zero-order valence-corrected chi connectivity index (χ0v) is 19.5. The number of rotatable bonds is 14. The van der Waals surface area contributed by atoms with Gasteiger partial charge in [0.25, 0.3) is 0 Å². The minimum absolute atomic E-state index is 0.174. The number of amides is 2. The number of hydrogen-bond donors (Lipinski definition) is 5. The van der Waals surface area contributed by atoms with E-state index in [0.29, 0.717) is 12.2 Å². The summed E-state index contributed by atoms with van der Waals surface area (Å²) in [6.07, 6.45) is 1.70. The first-order valence-corrected chi connectivity index (χ1v) is 13.3. The standard InChI is InChI=1S/C17H22IN3O7S2/c18-30-13-8-10(5-6-19-13)9-29-7-1-2-11(15(24)25)20-17(28)21-12(16(26)27)3-4-14(22)23/h5-6,8,11-12H,1-4,7,9H2,(H,22,23)(H,24,25)(H,26,27)(H2,20,21,28). The molecule has 0 radical (unpaired) electrons. The smallest absolute Gasteiger partial charge is 0.326 e. The third-order valence-corrected chi connectivity index (χ3v) is 6.63. The Morgan fingerprint density at radius 1 is 1.07 bits per heavy atom. The fraction of sp³-hybridized carbons (Fsp3) is 0.471. The molecule has 1 aromatic rings. The molecule has 0 fully saturated rings. The molecule has 1 heterocycles. The zero-order valence-electron chi connectivity index (χ0n) is 15.7. The number of nitrogens with zero attached hydrogens (tertiary/aromatic N) is 1. The van der Waals surface area contributed by atoms with Crippen molar-refractivity contribution in [2.24, 2.45) is 0 Å². The Labute approximate surface area is 193 Å². The van der Waals surface area contributed by atoms with Crippen molar-refractivity contribution >= 4 is 65.8 Å². The third kappa shape index (κ3) is 10.9. The highest BCUT2D eigenvalue weighted by Gasteiger charge is 2.24. The van der Waals surface area contributed by atoms with E-state index in [0.717, 1.165) is 16.3 Å². The van der Waals surface area contributed by atoms with Crippen LogP contribution in [0.5, 0.6) is 0 Å². The number of carbonyl (C=O) groups is 4. The molecule has 1 aromatic heterocycles. The van der Waals surface area contributed by atoms with Crippen LogP contribution in [-0.2, 0) is 20.1 Å². The van der Waals surface area contributed by atoms with Crippen molar-refractivity contribution in [2.45, 2.75) is 48.5 Å². The SMILES string of the molecule is O=C(O)CCC(NC(=O)NC(CCCSCc1ccnc(SI)c1)C(=O)O)C(=O)O. The minimum Gasteiger partial charge on any atom is -0.481 e. The molecule has 0 aliphatic rings. The molecule has 10 nitrogen and oxygen atoms in total. The predicted octanol–water partition coefficient (Wildman–Crippen LogP) is 2.61. The Morgan fingerprint density at radius 2 is 1.70 bits per heavy atom. The first-order valence-electron chi connectivity index (χ1n) is 8.78. The van der Waals surface area contributed by atoms with Gasteiger partial charge in [0.15, 0.2) is 0 Å². The van der Waals surface area contributed by atoms with Crippen molar-refractivity contribution in [1.82, 2.24) is 15.6 Å². The lowest BCUT2D eigenvalue weighted by Crippen LogP contribution is -2.51. The van der Waals surface area contributed by atoms with Gasteiger partial charge in [0.1, 0.15) is 17.1 Å². The minimum atomic E-state index is -1.42. The van der Waals surface area contributed by atoms with Crippen LogP contribution in [0.15, 0.2) is 23.4 Å². The molecule has 2 unspecified atom stereocenters. The number of aromatic nitrogens is 1. The van der Waals surface area contributed by atoms with Gasteiger partial charge in [-0.05, 0) is 51.6 Å². The van der Waals surface area contributed by atoms with Crippen molar-refractivity contribution in [2.75, 3.05) is 5.75 Å². The van der Waals surface area contributed by atoms with Crippen LogP contribution in [0.3, 0.4) is 0 Å². The molecular weight excluding hydrogens is 549 g/mol. The van der Waals surface area contributed by atoms with Gasteiger partial charge >= 0.3 is 23.9 Å². The van der Waals surface area contributed by atoms with Crippen molar-refractivity contribution in [1.29, 1.82) is 0 Å². The van der Waals surface area contributed by atoms with Crippen molar-refractivity contribution in [3.05, 3.63) is 23.9 Å². The molecule has 2 atom stereocenters. The fourth-order valence-corrected chi connectivity index (χ4v) is 4.25. The fourth-order valence-electron chi connectivity index (χ4n) is 2.30. The van der Waals surface area contributed by atoms with E-state index in [9.17, 15) is 24.3 Å². The highest BCUT2D eigenvalue weighted by Crippen LogP contribution is 2.24. The van der Waals surface area contributed by atoms with E-state index in [-0.39, 0.29) is 12.8 Å². The summed E-state index contributed by atoms with van der Waals surface area (Å²) in [6, 6.07) is 0.339. The molecule has 0 aliphatic heterocycles. The average Bonchev–Trinajstić information content (AvgIpc) is 2.69. The molecule has 0 aromatic carbocycles. The first-order chi connectivity index (χ1) is 14.2. The van der Waals surface area contributed by atoms with Crippen LogP contribution in [0.25, 0.3) is 0 Å². The first kappa shape index (κ1) is 26.3. The number of thioether (sulfide) groups is 1. The molecule has 166 valence electrons. The van der Waals surface area contributed by atoms with Crippen LogP contribution in [-0.4, -0.2) is 62.1 Å². The maximum atomic E-state index is 11.9. The summed E-state index contributed by atoms with van der Waals surface area (Å²) in [5.41, 5.74) is 1.11. The van der Waals surface area contributed by atoms with Crippen LogP contribution in [0, 0.1) is 0 Å². The summed E-state index contributed by atoms with van der Waals surface area (Å²) >= 11 is 3.78. The lowest BCUT2D eigenvalue weighted by Gasteiger charge is -2.18. The highest BCUT2D eigenvalue weighted by atomic mass is 127. The topological polar surface area (TPSA) is 166 Å². The van der Waals surface area contributed by atoms with Gasteiger partial charge in [0.2, 0.25) is 0 Å². The monoisotopic (exact) mass is 571 g/mol. The third-order valence-electron chi connectivity index (χ3n) is 3.78. The predicted molar refractivity (Wildman–Crippen MR) is 121 cm³/mol. The van der Waals surface area contributed by atoms with Gasteiger partial charge < -0.3 is 26.0 Å². The second-order valence-corrected chi connectivity index (χ2v) is 9.11. The Morgan fingerprint density at radius 3 is 2.27 bits per heavy atom.